The summed E-state index contributed by atoms with van der Waals surface area (Å²) in [4.78, 5) is 26.3. The Morgan fingerprint density at radius 3 is 2.52 bits per heavy atom. The standard InChI is InChI=1S/C17H14BrClN2O2/c1-17(12-3-2-4-13(18)9-12)15(22)21(16(23)20-17)10-11-5-7-14(19)8-6-11/h2-9H,10H2,1H3,(H,20,23). The first kappa shape index (κ1) is 16.0. The Morgan fingerprint density at radius 1 is 1.17 bits per heavy atom. The smallest absolute Gasteiger partial charge is 0.319 e. The molecule has 1 fully saturated rings. The number of imide groups is 1. The first-order valence-electron chi connectivity index (χ1n) is 7.05. The van der Waals surface area contributed by atoms with Crippen molar-refractivity contribution in [2.24, 2.45) is 0 Å². The zero-order valence-electron chi connectivity index (χ0n) is 12.3. The van der Waals surface area contributed by atoms with Crippen molar-refractivity contribution in [2.45, 2.75) is 19.0 Å². The van der Waals surface area contributed by atoms with Gasteiger partial charge in [0.05, 0.1) is 6.54 Å². The van der Waals surface area contributed by atoms with E-state index in [9.17, 15) is 9.59 Å². The van der Waals surface area contributed by atoms with Gasteiger partial charge in [-0.2, -0.15) is 0 Å². The molecule has 0 bridgehead atoms. The number of hydrogen-bond donors (Lipinski definition) is 1. The molecular formula is C17H14BrClN2O2. The lowest BCUT2D eigenvalue weighted by Gasteiger charge is -2.22. The molecule has 2 aromatic rings. The van der Waals surface area contributed by atoms with E-state index >= 15 is 0 Å². The van der Waals surface area contributed by atoms with Gasteiger partial charge in [-0.15, -0.1) is 0 Å². The Morgan fingerprint density at radius 2 is 1.87 bits per heavy atom. The summed E-state index contributed by atoms with van der Waals surface area (Å²) in [6.45, 7) is 1.93. The topological polar surface area (TPSA) is 49.4 Å². The van der Waals surface area contributed by atoms with Crippen LogP contribution in [0, 0.1) is 0 Å². The number of carbonyl (C=O) groups is 2. The average molecular weight is 394 g/mol. The molecule has 1 heterocycles. The van der Waals surface area contributed by atoms with Gasteiger partial charge in [0.15, 0.2) is 0 Å². The van der Waals surface area contributed by atoms with E-state index in [1.165, 1.54) is 4.90 Å². The Kier molecular flexibility index (Phi) is 4.17. The fraction of sp³-hybridized carbons (Fsp3) is 0.176. The van der Waals surface area contributed by atoms with Crippen molar-refractivity contribution in [1.82, 2.24) is 10.2 Å². The van der Waals surface area contributed by atoms with Gasteiger partial charge >= 0.3 is 6.03 Å². The average Bonchev–Trinajstić information content (AvgIpc) is 2.74. The highest BCUT2D eigenvalue weighted by atomic mass is 79.9. The highest BCUT2D eigenvalue weighted by Crippen LogP contribution is 2.31. The molecule has 1 aliphatic heterocycles. The maximum atomic E-state index is 12.8. The van der Waals surface area contributed by atoms with Crippen LogP contribution in [0.2, 0.25) is 5.02 Å². The molecule has 118 valence electrons. The molecule has 3 rings (SSSR count). The Hall–Kier alpha value is -1.85. The maximum absolute atomic E-state index is 12.8. The monoisotopic (exact) mass is 392 g/mol. The molecule has 1 atom stereocenters. The number of urea groups is 1. The van der Waals surface area contributed by atoms with Gasteiger partial charge in [-0.05, 0) is 42.3 Å². The number of hydrogen-bond acceptors (Lipinski definition) is 2. The van der Waals surface area contributed by atoms with Crippen molar-refractivity contribution >= 4 is 39.5 Å². The van der Waals surface area contributed by atoms with Crippen LogP contribution in [-0.2, 0) is 16.9 Å². The number of carbonyl (C=O) groups excluding carboxylic acids is 2. The highest BCUT2D eigenvalue weighted by Gasteiger charge is 2.48. The van der Waals surface area contributed by atoms with Crippen molar-refractivity contribution < 1.29 is 9.59 Å². The minimum atomic E-state index is -1.06. The van der Waals surface area contributed by atoms with E-state index in [4.69, 9.17) is 11.6 Å². The largest absolute Gasteiger partial charge is 0.325 e. The summed E-state index contributed by atoms with van der Waals surface area (Å²) in [5, 5.41) is 3.41. The molecule has 0 saturated carbocycles. The zero-order chi connectivity index (χ0) is 16.6. The normalized spacial score (nSPS) is 20.7. The summed E-state index contributed by atoms with van der Waals surface area (Å²) in [6, 6.07) is 14.1. The molecule has 1 N–H and O–H groups in total. The third-order valence-corrected chi connectivity index (χ3v) is 4.68. The fourth-order valence-electron chi connectivity index (χ4n) is 2.61. The molecule has 2 aromatic carbocycles. The molecule has 4 nitrogen and oxygen atoms in total. The van der Waals surface area contributed by atoms with Crippen molar-refractivity contribution in [3.63, 3.8) is 0 Å². The maximum Gasteiger partial charge on any atom is 0.325 e. The van der Waals surface area contributed by atoms with E-state index in [2.05, 4.69) is 21.2 Å². The molecular weight excluding hydrogens is 380 g/mol. The summed E-state index contributed by atoms with van der Waals surface area (Å²) < 4.78 is 0.856. The van der Waals surface area contributed by atoms with E-state index in [0.29, 0.717) is 5.02 Å². The quantitative estimate of drug-likeness (QED) is 0.799. The van der Waals surface area contributed by atoms with Crippen LogP contribution < -0.4 is 5.32 Å². The molecule has 0 aromatic heterocycles. The lowest BCUT2D eigenvalue weighted by molar-refractivity contribution is -0.131. The molecule has 0 spiro atoms. The van der Waals surface area contributed by atoms with Crippen molar-refractivity contribution in [1.29, 1.82) is 0 Å². The van der Waals surface area contributed by atoms with E-state index < -0.39 is 11.6 Å². The van der Waals surface area contributed by atoms with Gasteiger partial charge in [0.2, 0.25) is 0 Å². The number of nitrogens with zero attached hydrogens (tertiary/aromatic N) is 1. The van der Waals surface area contributed by atoms with Gasteiger partial charge in [0.25, 0.3) is 5.91 Å². The second kappa shape index (κ2) is 5.98. The minimum Gasteiger partial charge on any atom is -0.319 e. The summed E-state index contributed by atoms with van der Waals surface area (Å²) in [6.07, 6.45) is 0. The van der Waals surface area contributed by atoms with E-state index in [1.807, 2.05) is 24.3 Å². The molecule has 23 heavy (non-hydrogen) atoms. The Bertz CT molecular complexity index is 778. The van der Waals surface area contributed by atoms with Crippen LogP contribution in [0.15, 0.2) is 53.0 Å². The summed E-state index contributed by atoms with van der Waals surface area (Å²) in [7, 11) is 0. The van der Waals surface area contributed by atoms with Crippen molar-refractivity contribution in [3.05, 3.63) is 69.2 Å². The van der Waals surface area contributed by atoms with Gasteiger partial charge in [0.1, 0.15) is 5.54 Å². The van der Waals surface area contributed by atoms with Gasteiger partial charge in [-0.25, -0.2) is 4.79 Å². The van der Waals surface area contributed by atoms with Crippen LogP contribution >= 0.6 is 27.5 Å². The molecule has 3 amide bonds. The molecule has 1 saturated heterocycles. The Labute approximate surface area is 147 Å². The number of rotatable bonds is 3. The summed E-state index contributed by atoms with van der Waals surface area (Å²) in [5.74, 6) is -0.268. The number of benzene rings is 2. The van der Waals surface area contributed by atoms with Crippen LogP contribution in [0.1, 0.15) is 18.1 Å². The van der Waals surface area contributed by atoms with Crippen LogP contribution in [0.4, 0.5) is 4.79 Å². The molecule has 0 aliphatic carbocycles. The van der Waals surface area contributed by atoms with E-state index in [1.54, 1.807) is 31.2 Å². The lowest BCUT2D eigenvalue weighted by atomic mass is 9.92. The van der Waals surface area contributed by atoms with Gasteiger partial charge in [-0.3, -0.25) is 9.69 Å². The zero-order valence-corrected chi connectivity index (χ0v) is 14.7. The van der Waals surface area contributed by atoms with Crippen LogP contribution in [0.5, 0.6) is 0 Å². The molecule has 1 aliphatic rings. The predicted molar refractivity (Wildman–Crippen MR) is 92.0 cm³/mol. The van der Waals surface area contributed by atoms with E-state index in [0.717, 1.165) is 15.6 Å². The first-order valence-corrected chi connectivity index (χ1v) is 8.22. The van der Waals surface area contributed by atoms with Gasteiger partial charge < -0.3 is 5.32 Å². The minimum absolute atomic E-state index is 0.214. The van der Waals surface area contributed by atoms with E-state index in [-0.39, 0.29) is 12.5 Å². The molecule has 6 heteroatoms. The first-order chi connectivity index (χ1) is 10.9. The van der Waals surface area contributed by atoms with Crippen molar-refractivity contribution in [2.75, 3.05) is 0 Å². The van der Waals surface area contributed by atoms with Crippen molar-refractivity contribution in [3.8, 4) is 0 Å². The lowest BCUT2D eigenvalue weighted by Crippen LogP contribution is -2.40. The Balaban J connectivity index is 1.89. The summed E-state index contributed by atoms with van der Waals surface area (Å²) >= 11 is 9.26. The fourth-order valence-corrected chi connectivity index (χ4v) is 3.13. The molecule has 0 radical (unpaired) electrons. The van der Waals surface area contributed by atoms with Crippen LogP contribution in [0.25, 0.3) is 0 Å². The van der Waals surface area contributed by atoms with Gasteiger partial charge in [-0.1, -0.05) is 51.8 Å². The SMILES string of the molecule is CC1(c2cccc(Br)c2)NC(=O)N(Cc2ccc(Cl)cc2)C1=O. The predicted octanol–water partition coefficient (Wildman–Crippen LogP) is 4.07. The van der Waals surface area contributed by atoms with Gasteiger partial charge in [0, 0.05) is 9.50 Å². The highest BCUT2D eigenvalue weighted by molar-refractivity contribution is 9.10. The number of halogens is 2. The third-order valence-electron chi connectivity index (χ3n) is 3.93. The number of nitrogens with one attached hydrogen (secondary N) is 1. The summed E-state index contributed by atoms with van der Waals surface area (Å²) in [5.41, 5.74) is 0.521. The number of amides is 3. The molecule has 1 unspecified atom stereocenters. The second-order valence-corrected chi connectivity index (χ2v) is 6.94. The third kappa shape index (κ3) is 2.99. The second-order valence-electron chi connectivity index (χ2n) is 5.58. The van der Waals surface area contributed by atoms with Crippen LogP contribution in [-0.4, -0.2) is 16.8 Å². The van der Waals surface area contributed by atoms with Crippen LogP contribution in [0.3, 0.4) is 0 Å².